The molecule has 1 aromatic carbocycles. The third-order valence-electron chi connectivity index (χ3n) is 5.97. The van der Waals surface area contributed by atoms with Crippen molar-refractivity contribution >= 4 is 29.8 Å². The molecule has 0 bridgehead atoms. The van der Waals surface area contributed by atoms with Crippen LogP contribution in [-0.2, 0) is 36.8 Å². The Hall–Kier alpha value is -3.59. The number of hydrogen-bond acceptors (Lipinski definition) is 9. The van der Waals surface area contributed by atoms with Gasteiger partial charge in [-0.05, 0) is 43.4 Å². The van der Waals surface area contributed by atoms with Gasteiger partial charge in [-0.3, -0.25) is 38.7 Å². The van der Waals surface area contributed by atoms with Crippen LogP contribution in [0.3, 0.4) is 0 Å². The van der Waals surface area contributed by atoms with Crippen molar-refractivity contribution in [3.63, 3.8) is 0 Å². The zero-order valence-electron chi connectivity index (χ0n) is 21.8. The molecule has 0 aliphatic heterocycles. The lowest BCUT2D eigenvalue weighted by Crippen LogP contribution is -2.50. The van der Waals surface area contributed by atoms with E-state index in [1.165, 1.54) is 4.90 Å². The average Bonchev–Trinajstić information content (AvgIpc) is 2.81. The number of benzene rings is 1. The second-order valence-corrected chi connectivity index (χ2v) is 9.13. The minimum absolute atomic E-state index is 0.0285. The van der Waals surface area contributed by atoms with E-state index in [4.69, 9.17) is 26.2 Å². The molecule has 0 fully saturated rings. The van der Waals surface area contributed by atoms with Crippen molar-refractivity contribution in [1.82, 2.24) is 14.7 Å². The molecule has 39 heavy (non-hydrogen) atoms. The highest BCUT2D eigenvalue weighted by Crippen LogP contribution is 2.14. The van der Waals surface area contributed by atoms with Gasteiger partial charge in [0.25, 0.3) is 0 Å². The molecule has 1 rings (SSSR count). The van der Waals surface area contributed by atoms with Crippen LogP contribution in [0.15, 0.2) is 24.3 Å². The molecule has 7 N–H and O–H groups in total. The van der Waals surface area contributed by atoms with Crippen LogP contribution in [0.5, 0.6) is 0 Å². The molecule has 1 unspecified atom stereocenters. The molecule has 1 aromatic rings. The Bertz CT molecular complexity index is 885. The fourth-order valence-corrected chi connectivity index (χ4v) is 4.16. The Kier molecular flexibility index (Phi) is 15.3. The normalized spacial score (nSPS) is 12.1. The zero-order chi connectivity index (χ0) is 29.4. The fourth-order valence-electron chi connectivity index (χ4n) is 4.16. The molecule has 0 heterocycles. The van der Waals surface area contributed by atoms with Gasteiger partial charge in [0, 0.05) is 26.2 Å². The highest BCUT2D eigenvalue weighted by Gasteiger charge is 2.27. The van der Waals surface area contributed by atoms with E-state index in [2.05, 4.69) is 0 Å². The molecular formula is C25H38N4O10. The second-order valence-electron chi connectivity index (χ2n) is 9.13. The molecule has 14 nitrogen and oxygen atoms in total. The number of carboxylic acid groups (broad SMARTS) is 5. The number of aliphatic carboxylic acids is 5. The predicted octanol–water partition coefficient (Wildman–Crippen LogP) is -0.792. The molecule has 14 heteroatoms. The molecule has 0 amide bonds. The summed E-state index contributed by atoms with van der Waals surface area (Å²) in [6.07, 6.45) is 2.04. The van der Waals surface area contributed by atoms with Gasteiger partial charge in [-0.2, -0.15) is 0 Å². The molecule has 0 spiro atoms. The molecular weight excluding hydrogens is 516 g/mol. The Morgan fingerprint density at radius 1 is 0.641 bits per heavy atom. The maximum Gasteiger partial charge on any atom is 0.320 e. The summed E-state index contributed by atoms with van der Waals surface area (Å²) < 4.78 is 0. The van der Waals surface area contributed by atoms with E-state index in [0.717, 1.165) is 27.3 Å². The van der Waals surface area contributed by atoms with Crippen LogP contribution in [0.1, 0.15) is 24.0 Å². The topological polar surface area (TPSA) is 222 Å². The van der Waals surface area contributed by atoms with Crippen molar-refractivity contribution in [3.05, 3.63) is 35.4 Å². The van der Waals surface area contributed by atoms with E-state index in [1.54, 1.807) is 0 Å². The molecule has 0 saturated carbocycles. The first kappa shape index (κ1) is 33.4. The smallest absolute Gasteiger partial charge is 0.320 e. The van der Waals surface area contributed by atoms with Crippen LogP contribution >= 0.6 is 0 Å². The number of carbonyl (C=O) groups is 5. The molecule has 1 atom stereocenters. The van der Waals surface area contributed by atoms with Gasteiger partial charge in [0.1, 0.15) is 6.04 Å². The first-order valence-corrected chi connectivity index (χ1v) is 12.5. The summed E-state index contributed by atoms with van der Waals surface area (Å²) in [4.78, 5) is 60.7. The third-order valence-corrected chi connectivity index (χ3v) is 5.97. The molecule has 0 aliphatic rings. The van der Waals surface area contributed by atoms with Crippen LogP contribution in [0.4, 0.5) is 0 Å². The summed E-state index contributed by atoms with van der Waals surface area (Å²) in [5.41, 5.74) is 7.67. The van der Waals surface area contributed by atoms with Gasteiger partial charge in [0.2, 0.25) is 0 Å². The molecule has 0 radical (unpaired) electrons. The minimum atomic E-state index is -1.25. The highest BCUT2D eigenvalue weighted by molar-refractivity contribution is 5.74. The lowest BCUT2D eigenvalue weighted by Gasteiger charge is -2.32. The third kappa shape index (κ3) is 14.8. The van der Waals surface area contributed by atoms with Crippen LogP contribution in [0, 0.1) is 0 Å². The van der Waals surface area contributed by atoms with Crippen molar-refractivity contribution < 1.29 is 49.5 Å². The van der Waals surface area contributed by atoms with Crippen molar-refractivity contribution in [1.29, 1.82) is 0 Å². The van der Waals surface area contributed by atoms with Gasteiger partial charge < -0.3 is 31.3 Å². The maximum atomic E-state index is 12.2. The first-order chi connectivity index (χ1) is 18.4. The summed E-state index contributed by atoms with van der Waals surface area (Å²) >= 11 is 0. The number of hydrogen-bond donors (Lipinski definition) is 6. The van der Waals surface area contributed by atoms with Crippen molar-refractivity contribution in [2.75, 3.05) is 58.9 Å². The predicted molar refractivity (Wildman–Crippen MR) is 139 cm³/mol. The van der Waals surface area contributed by atoms with E-state index in [9.17, 15) is 29.1 Å². The van der Waals surface area contributed by atoms with Crippen molar-refractivity contribution in [2.24, 2.45) is 5.73 Å². The van der Waals surface area contributed by atoms with E-state index >= 15 is 0 Å². The number of nitrogens with two attached hydrogens (primary N) is 1. The summed E-state index contributed by atoms with van der Waals surface area (Å²) in [5.74, 6) is -6.14. The highest BCUT2D eigenvalue weighted by atomic mass is 16.4. The van der Waals surface area contributed by atoms with Gasteiger partial charge in [0.05, 0.1) is 26.2 Å². The van der Waals surface area contributed by atoms with Crippen molar-refractivity contribution in [3.8, 4) is 0 Å². The fraction of sp³-hybridized carbons (Fsp3) is 0.560. The lowest BCUT2D eigenvalue weighted by molar-refractivity contribution is -0.146. The number of nitrogens with zero attached hydrogens (tertiary/aromatic N) is 3. The van der Waals surface area contributed by atoms with Crippen LogP contribution in [0.2, 0.25) is 0 Å². The molecule has 0 aromatic heterocycles. The Morgan fingerprint density at radius 3 is 1.36 bits per heavy atom. The maximum absolute atomic E-state index is 12.2. The number of carboxylic acids is 5. The summed E-state index contributed by atoms with van der Waals surface area (Å²) in [6.45, 7) is -1.96. The van der Waals surface area contributed by atoms with E-state index in [0.29, 0.717) is 19.4 Å². The summed E-state index contributed by atoms with van der Waals surface area (Å²) in [6, 6.07) is 6.77. The lowest BCUT2D eigenvalue weighted by atomic mass is 10.0. The minimum Gasteiger partial charge on any atom is -0.480 e. The van der Waals surface area contributed by atoms with Gasteiger partial charge in [-0.1, -0.05) is 24.3 Å². The standard InChI is InChI=1S/C25H38N4O10/c26-9-8-19-6-4-18(5-7-19)2-1-3-20(25(38)39)29(12-10-27(14-21(30)31)15-22(32)33)13-11-28(16-23(34)35)17-24(36)37/h4-7,20H,1-3,8-17,26H2,(H,30,31)(H,32,33)(H,34,35)(H,36,37)(H,38,39). The van der Waals surface area contributed by atoms with Crippen molar-refractivity contribution in [2.45, 2.75) is 31.7 Å². The zero-order valence-corrected chi connectivity index (χ0v) is 21.8. The van der Waals surface area contributed by atoms with Crippen LogP contribution in [-0.4, -0.2) is 135 Å². The quantitative estimate of drug-likeness (QED) is 0.103. The summed E-state index contributed by atoms with van der Waals surface area (Å²) in [5, 5.41) is 46.4. The Labute approximate surface area is 226 Å². The Morgan fingerprint density at radius 2 is 1.03 bits per heavy atom. The van der Waals surface area contributed by atoms with Gasteiger partial charge in [-0.25, -0.2) is 0 Å². The van der Waals surface area contributed by atoms with E-state index < -0.39 is 62.1 Å². The van der Waals surface area contributed by atoms with Crippen LogP contribution < -0.4 is 5.73 Å². The largest absolute Gasteiger partial charge is 0.480 e. The number of rotatable bonds is 22. The monoisotopic (exact) mass is 554 g/mol. The van der Waals surface area contributed by atoms with Gasteiger partial charge in [0.15, 0.2) is 0 Å². The first-order valence-electron chi connectivity index (χ1n) is 12.5. The molecule has 218 valence electrons. The van der Waals surface area contributed by atoms with Crippen LogP contribution in [0.25, 0.3) is 0 Å². The molecule has 0 saturated heterocycles. The van der Waals surface area contributed by atoms with Gasteiger partial charge >= 0.3 is 29.8 Å². The SMILES string of the molecule is NCCc1ccc(CCCC(C(=O)O)N(CCN(CC(=O)O)CC(=O)O)CCN(CC(=O)O)CC(=O)O)cc1. The Balaban J connectivity index is 3.01. The number of aryl methyl sites for hydroxylation is 1. The summed E-state index contributed by atoms with van der Waals surface area (Å²) in [7, 11) is 0. The second kappa shape index (κ2) is 17.8. The van der Waals surface area contributed by atoms with E-state index in [-0.39, 0.29) is 32.6 Å². The average molecular weight is 555 g/mol. The van der Waals surface area contributed by atoms with Gasteiger partial charge in [-0.15, -0.1) is 0 Å². The molecule has 0 aliphatic carbocycles. The van der Waals surface area contributed by atoms with E-state index in [1.807, 2.05) is 24.3 Å².